The van der Waals surface area contributed by atoms with Gasteiger partial charge in [-0.1, -0.05) is 6.42 Å². The number of hydrogen-bond acceptors (Lipinski definition) is 5. The molecule has 2 amide bonds. The van der Waals surface area contributed by atoms with Crippen LogP contribution in [0.15, 0.2) is 35.4 Å². The zero-order chi connectivity index (χ0) is 22.6. The molecule has 168 valence electrons. The van der Waals surface area contributed by atoms with Crippen molar-refractivity contribution < 1.29 is 18.0 Å². The van der Waals surface area contributed by atoms with Crippen LogP contribution in [-0.4, -0.2) is 59.3 Å². The number of piperidine rings is 1. The van der Waals surface area contributed by atoms with Crippen LogP contribution in [0.25, 0.3) is 0 Å². The number of H-pyrrole nitrogens is 1. The maximum absolute atomic E-state index is 13.5. The summed E-state index contributed by atoms with van der Waals surface area (Å²) in [5.41, 5.74) is 1.48. The zero-order valence-corrected chi connectivity index (χ0v) is 18.9. The van der Waals surface area contributed by atoms with Crippen LogP contribution in [0.4, 0.5) is 5.69 Å². The molecule has 1 fully saturated rings. The summed E-state index contributed by atoms with van der Waals surface area (Å²) in [7, 11) is -3.81. The highest BCUT2D eigenvalue weighted by Gasteiger charge is 2.37. The van der Waals surface area contributed by atoms with E-state index in [1.54, 1.807) is 17.0 Å². The summed E-state index contributed by atoms with van der Waals surface area (Å²) in [6, 6.07) is 5.62. The highest BCUT2D eigenvalue weighted by atomic mass is 32.2. The van der Waals surface area contributed by atoms with Gasteiger partial charge in [0.2, 0.25) is 15.9 Å². The number of rotatable bonds is 7. The molecule has 1 aliphatic rings. The van der Waals surface area contributed by atoms with Gasteiger partial charge in [-0.05, 0) is 51.0 Å². The molecule has 1 unspecified atom stereocenters. The molecule has 0 bridgehead atoms. The van der Waals surface area contributed by atoms with Crippen LogP contribution in [0.5, 0.6) is 0 Å². The summed E-state index contributed by atoms with van der Waals surface area (Å²) in [5, 5.41) is 9.59. The quantitative estimate of drug-likeness (QED) is 0.677. The first-order chi connectivity index (χ1) is 14.8. The number of nitrogens with one attached hydrogen (secondary N) is 2. The summed E-state index contributed by atoms with van der Waals surface area (Å²) in [5.74, 6) is -0.382. The smallest absolute Gasteiger partial charge is 0.257 e. The summed E-state index contributed by atoms with van der Waals surface area (Å²) in [4.78, 5) is 26.0. The molecule has 10 heteroatoms. The predicted octanol–water partition coefficient (Wildman–Crippen LogP) is 2.77. The van der Waals surface area contributed by atoms with Crippen molar-refractivity contribution in [2.75, 3.05) is 25.0 Å². The first-order valence-corrected chi connectivity index (χ1v) is 12.0. The van der Waals surface area contributed by atoms with Gasteiger partial charge in [0.15, 0.2) is 0 Å². The second kappa shape index (κ2) is 9.61. The van der Waals surface area contributed by atoms with Crippen LogP contribution < -0.4 is 5.32 Å². The molecule has 31 heavy (non-hydrogen) atoms. The molecule has 2 aromatic rings. The average Bonchev–Trinajstić information content (AvgIpc) is 3.24. The second-order valence-corrected chi connectivity index (χ2v) is 9.40. The normalized spacial score (nSPS) is 17.3. The van der Waals surface area contributed by atoms with Crippen LogP contribution in [0.1, 0.15) is 62.1 Å². The van der Waals surface area contributed by atoms with E-state index in [0.717, 1.165) is 12.8 Å². The van der Waals surface area contributed by atoms with Gasteiger partial charge in [0.25, 0.3) is 5.91 Å². The molecule has 1 atom stereocenters. The Balaban J connectivity index is 1.94. The number of aromatic amines is 1. The lowest BCUT2D eigenvalue weighted by Crippen LogP contribution is -2.40. The van der Waals surface area contributed by atoms with Crippen molar-refractivity contribution >= 4 is 27.5 Å². The monoisotopic (exact) mass is 447 g/mol. The van der Waals surface area contributed by atoms with Gasteiger partial charge in [0.1, 0.15) is 0 Å². The molecule has 3 rings (SSSR count). The Kier molecular flexibility index (Phi) is 7.11. The third kappa shape index (κ3) is 4.80. The lowest BCUT2D eigenvalue weighted by molar-refractivity contribution is -0.114. The van der Waals surface area contributed by atoms with Gasteiger partial charge in [-0.3, -0.25) is 14.7 Å². The Bertz CT molecular complexity index is 1030. The molecule has 0 saturated carbocycles. The Morgan fingerprint density at radius 3 is 2.48 bits per heavy atom. The number of aromatic nitrogens is 2. The number of benzene rings is 1. The molecular weight excluding hydrogens is 418 g/mol. The Morgan fingerprint density at radius 2 is 1.87 bits per heavy atom. The van der Waals surface area contributed by atoms with Crippen LogP contribution >= 0.6 is 0 Å². The van der Waals surface area contributed by atoms with Crippen molar-refractivity contribution in [3.63, 3.8) is 0 Å². The number of nitrogens with zero attached hydrogens (tertiary/aromatic N) is 3. The molecule has 2 N–H and O–H groups in total. The molecule has 1 saturated heterocycles. The van der Waals surface area contributed by atoms with Crippen molar-refractivity contribution in [2.24, 2.45) is 0 Å². The first-order valence-electron chi connectivity index (χ1n) is 10.5. The fourth-order valence-corrected chi connectivity index (χ4v) is 5.60. The molecular formula is C21H29N5O4S. The molecule has 1 aliphatic heterocycles. The molecule has 9 nitrogen and oxygen atoms in total. The van der Waals surface area contributed by atoms with Crippen LogP contribution in [0.2, 0.25) is 0 Å². The molecule has 0 spiro atoms. The predicted molar refractivity (Wildman–Crippen MR) is 117 cm³/mol. The number of carbonyl (C=O) groups excluding carboxylic acids is 2. The SMILES string of the molecule is CCN(CC)C(=O)c1cn[nH]c1C1CCCCN1S(=O)(=O)c1ccc(NC(C)=O)cc1. The lowest BCUT2D eigenvalue weighted by Gasteiger charge is -2.34. The zero-order valence-electron chi connectivity index (χ0n) is 18.1. The Hall–Kier alpha value is -2.72. The largest absolute Gasteiger partial charge is 0.339 e. The van der Waals surface area contributed by atoms with E-state index in [2.05, 4.69) is 15.5 Å². The average molecular weight is 448 g/mol. The summed E-state index contributed by atoms with van der Waals surface area (Å²) in [6.45, 7) is 6.69. The van der Waals surface area contributed by atoms with Crippen LogP contribution in [0.3, 0.4) is 0 Å². The topological polar surface area (TPSA) is 115 Å². The highest BCUT2D eigenvalue weighted by molar-refractivity contribution is 7.89. The van der Waals surface area contributed by atoms with Gasteiger partial charge in [-0.25, -0.2) is 8.42 Å². The minimum atomic E-state index is -3.81. The minimum absolute atomic E-state index is 0.143. The number of hydrogen-bond donors (Lipinski definition) is 2. The van der Waals surface area contributed by atoms with Crippen LogP contribution in [0, 0.1) is 0 Å². The van der Waals surface area contributed by atoms with E-state index in [0.29, 0.717) is 43.0 Å². The van der Waals surface area contributed by atoms with E-state index >= 15 is 0 Å². The maximum atomic E-state index is 13.5. The molecule has 0 radical (unpaired) electrons. The third-order valence-corrected chi connectivity index (χ3v) is 7.44. The van der Waals surface area contributed by atoms with E-state index < -0.39 is 16.1 Å². The van der Waals surface area contributed by atoms with Gasteiger partial charge in [-0.2, -0.15) is 9.40 Å². The van der Waals surface area contributed by atoms with Gasteiger partial charge < -0.3 is 10.2 Å². The van der Waals surface area contributed by atoms with Crippen molar-refractivity contribution in [1.29, 1.82) is 0 Å². The highest BCUT2D eigenvalue weighted by Crippen LogP contribution is 2.36. The molecule has 1 aromatic carbocycles. The van der Waals surface area contributed by atoms with Gasteiger partial charge in [0.05, 0.1) is 28.4 Å². The summed E-state index contributed by atoms with van der Waals surface area (Å²) < 4.78 is 28.4. The van der Waals surface area contributed by atoms with E-state index in [-0.39, 0.29) is 16.7 Å². The van der Waals surface area contributed by atoms with Crippen molar-refractivity contribution in [2.45, 2.75) is 51.0 Å². The van der Waals surface area contributed by atoms with Crippen molar-refractivity contribution in [3.8, 4) is 0 Å². The number of carbonyl (C=O) groups is 2. The van der Waals surface area contributed by atoms with Gasteiger partial charge in [-0.15, -0.1) is 0 Å². The van der Waals surface area contributed by atoms with E-state index in [1.807, 2.05) is 13.8 Å². The van der Waals surface area contributed by atoms with Crippen LogP contribution in [-0.2, 0) is 14.8 Å². The van der Waals surface area contributed by atoms with E-state index in [1.165, 1.54) is 29.6 Å². The summed E-state index contributed by atoms with van der Waals surface area (Å²) >= 11 is 0. The lowest BCUT2D eigenvalue weighted by atomic mass is 9.99. The Morgan fingerprint density at radius 1 is 1.19 bits per heavy atom. The van der Waals surface area contributed by atoms with E-state index in [9.17, 15) is 18.0 Å². The van der Waals surface area contributed by atoms with E-state index in [4.69, 9.17) is 0 Å². The number of anilines is 1. The number of sulfonamides is 1. The third-order valence-electron chi connectivity index (χ3n) is 5.52. The minimum Gasteiger partial charge on any atom is -0.339 e. The first kappa shape index (κ1) is 23.0. The summed E-state index contributed by atoms with van der Waals surface area (Å²) in [6.07, 6.45) is 3.69. The maximum Gasteiger partial charge on any atom is 0.257 e. The van der Waals surface area contributed by atoms with Gasteiger partial charge >= 0.3 is 0 Å². The Labute approximate surface area is 182 Å². The fraction of sp³-hybridized carbons (Fsp3) is 0.476. The van der Waals surface area contributed by atoms with Crippen molar-refractivity contribution in [3.05, 3.63) is 41.7 Å². The standard InChI is InChI=1S/C21H29N5O4S/c1-4-25(5-2)21(28)18-14-22-24-20(18)19-8-6-7-13-26(19)31(29,30)17-11-9-16(10-12-17)23-15(3)27/h9-12,14,19H,4-8,13H2,1-3H3,(H,22,24)(H,23,27). The number of amides is 2. The molecule has 0 aliphatic carbocycles. The second-order valence-electron chi connectivity index (χ2n) is 7.51. The van der Waals surface area contributed by atoms with Gasteiger partial charge in [0, 0.05) is 32.2 Å². The van der Waals surface area contributed by atoms with Crippen molar-refractivity contribution in [1.82, 2.24) is 19.4 Å². The molecule has 1 aromatic heterocycles. The fourth-order valence-electron chi connectivity index (χ4n) is 3.93. The molecule has 2 heterocycles.